The van der Waals surface area contributed by atoms with Crippen LogP contribution in [-0.2, 0) is 36.6 Å². The molecule has 0 spiro atoms. The zero-order valence-electron chi connectivity index (χ0n) is 31.6. The number of unbranched alkanes of at least 4 members (excludes halogenated alkanes) is 4. The van der Waals surface area contributed by atoms with Gasteiger partial charge in [-0.05, 0) is 124 Å². The maximum Gasteiger partial charge on any atom is 0.586 e. The molecule has 56 heavy (non-hydrogen) atoms. The maximum atomic E-state index is 14.1. The van der Waals surface area contributed by atoms with Crippen molar-refractivity contribution in [2.75, 3.05) is 26.4 Å². The minimum atomic E-state index is -3.95. The highest BCUT2D eigenvalue weighted by molar-refractivity contribution is 5.91. The molecular formula is C44H50F2O10. The molecule has 0 unspecified atom stereocenters. The highest BCUT2D eigenvalue weighted by Gasteiger charge is 2.47. The van der Waals surface area contributed by atoms with E-state index in [1.807, 2.05) is 12.1 Å². The van der Waals surface area contributed by atoms with Gasteiger partial charge in [0.15, 0.2) is 11.5 Å². The van der Waals surface area contributed by atoms with Crippen LogP contribution < -0.4 is 18.9 Å². The van der Waals surface area contributed by atoms with Crippen molar-refractivity contribution in [3.8, 4) is 23.0 Å². The molecule has 1 fully saturated rings. The molecule has 0 bridgehead atoms. The molecule has 0 radical (unpaired) electrons. The monoisotopic (exact) mass is 776 g/mol. The Morgan fingerprint density at radius 3 is 1.79 bits per heavy atom. The molecule has 5 rings (SSSR count). The molecule has 10 nitrogen and oxygen atoms in total. The number of carbonyl (C=O) groups excluding carboxylic acids is 3. The molecule has 1 saturated carbocycles. The van der Waals surface area contributed by atoms with Crippen molar-refractivity contribution < 1.29 is 56.3 Å². The Balaban J connectivity index is 1.03. The molecule has 0 saturated heterocycles. The van der Waals surface area contributed by atoms with Gasteiger partial charge in [0.1, 0.15) is 0 Å². The van der Waals surface area contributed by atoms with Crippen molar-refractivity contribution in [1.29, 1.82) is 0 Å². The van der Waals surface area contributed by atoms with Gasteiger partial charge in [-0.25, -0.2) is 14.4 Å². The number of esters is 3. The molecule has 0 atom stereocenters. The second-order valence-electron chi connectivity index (χ2n) is 13.8. The van der Waals surface area contributed by atoms with Crippen molar-refractivity contribution in [3.63, 3.8) is 0 Å². The summed E-state index contributed by atoms with van der Waals surface area (Å²) in [7, 11) is 0. The third-order valence-corrected chi connectivity index (χ3v) is 9.71. The van der Waals surface area contributed by atoms with Gasteiger partial charge in [0.25, 0.3) is 0 Å². The number of benzene rings is 3. The topological polar surface area (TPSA) is 116 Å². The van der Waals surface area contributed by atoms with E-state index in [1.54, 1.807) is 12.1 Å². The summed E-state index contributed by atoms with van der Waals surface area (Å²) < 4.78 is 64.8. The number of alkyl halides is 2. The molecule has 0 N–H and O–H groups in total. The predicted octanol–water partition coefficient (Wildman–Crippen LogP) is 9.23. The summed E-state index contributed by atoms with van der Waals surface area (Å²) in [6, 6.07) is 18.5. The van der Waals surface area contributed by atoms with E-state index in [-0.39, 0.29) is 35.5 Å². The van der Waals surface area contributed by atoms with Crippen LogP contribution in [0.15, 0.2) is 86.0 Å². The standard InChI is InChI=1S/C44H50F2O10/c1-3-39(47)52-29-8-6-5-7-28-51-37-25-26-38(42-41(37)55-44(45,46)56-42)54-43(49)35-19-15-32(16-20-35)12-11-31-13-17-33(18-14-31)34-21-23-36(24-22-34)50-27-9-10-30-53-40(48)4-2/h3-4,13-20,25-26,34,36H,1-2,5-12,21-24,27-30H2. The van der Waals surface area contributed by atoms with Crippen LogP contribution in [0.1, 0.15) is 97.2 Å². The van der Waals surface area contributed by atoms with E-state index < -0.39 is 30.0 Å². The number of hydrogen-bond donors (Lipinski definition) is 0. The highest BCUT2D eigenvalue weighted by atomic mass is 19.3. The first-order chi connectivity index (χ1) is 27.1. The van der Waals surface area contributed by atoms with E-state index in [0.29, 0.717) is 38.6 Å². The van der Waals surface area contributed by atoms with Crippen LogP contribution >= 0.6 is 0 Å². The lowest BCUT2D eigenvalue weighted by atomic mass is 9.82. The van der Waals surface area contributed by atoms with E-state index in [4.69, 9.17) is 33.2 Å². The number of halogens is 2. The molecule has 1 heterocycles. The first-order valence-corrected chi connectivity index (χ1v) is 19.3. The third kappa shape index (κ3) is 12.9. The molecule has 3 aromatic rings. The second kappa shape index (κ2) is 21.2. The minimum Gasteiger partial charge on any atom is -0.490 e. The molecule has 0 amide bonds. The number of hydrogen-bond acceptors (Lipinski definition) is 10. The Kier molecular flexibility index (Phi) is 15.9. The van der Waals surface area contributed by atoms with Crippen LogP contribution in [0.4, 0.5) is 8.78 Å². The van der Waals surface area contributed by atoms with Gasteiger partial charge in [-0.2, -0.15) is 0 Å². The van der Waals surface area contributed by atoms with Gasteiger partial charge in [-0.3, -0.25) is 0 Å². The van der Waals surface area contributed by atoms with E-state index in [2.05, 4.69) is 37.4 Å². The summed E-state index contributed by atoms with van der Waals surface area (Å²) in [5.74, 6) is -1.99. The van der Waals surface area contributed by atoms with Gasteiger partial charge in [-0.15, -0.1) is 8.78 Å². The fraction of sp³-hybridized carbons (Fsp3) is 0.432. The number of rotatable bonds is 22. The van der Waals surface area contributed by atoms with E-state index in [0.717, 1.165) is 75.8 Å². The second-order valence-corrected chi connectivity index (χ2v) is 13.8. The van der Waals surface area contributed by atoms with Crippen LogP contribution in [-0.4, -0.2) is 56.7 Å². The van der Waals surface area contributed by atoms with Gasteiger partial charge in [-0.1, -0.05) is 49.6 Å². The molecule has 1 aliphatic carbocycles. The predicted molar refractivity (Wildman–Crippen MR) is 204 cm³/mol. The van der Waals surface area contributed by atoms with Crippen LogP contribution in [0.5, 0.6) is 23.0 Å². The SMILES string of the molecule is C=CC(=O)OCCCCCCOc1ccc(OC(=O)c2ccc(CCc3ccc(C4CCC(OCCCCOC(=O)C=C)CC4)cc3)cc2)c2c1OC(F)(F)O2. The average Bonchev–Trinajstić information content (AvgIpc) is 3.55. The third-order valence-electron chi connectivity index (χ3n) is 9.71. The molecule has 12 heteroatoms. The first-order valence-electron chi connectivity index (χ1n) is 19.3. The molecule has 3 aromatic carbocycles. The summed E-state index contributed by atoms with van der Waals surface area (Å²) in [4.78, 5) is 35.2. The Morgan fingerprint density at radius 2 is 1.18 bits per heavy atom. The first kappa shape index (κ1) is 41.9. The van der Waals surface area contributed by atoms with Crippen LogP contribution in [0.25, 0.3) is 0 Å². The summed E-state index contributed by atoms with van der Waals surface area (Å²) in [5, 5.41) is 0. The number of fused-ring (bicyclic) bond motifs is 1. The minimum absolute atomic E-state index is 0.0414. The zero-order valence-corrected chi connectivity index (χ0v) is 31.6. The van der Waals surface area contributed by atoms with Gasteiger partial charge in [0.05, 0.1) is 31.5 Å². The largest absolute Gasteiger partial charge is 0.586 e. The summed E-state index contributed by atoms with van der Waals surface area (Å²) in [6.45, 7) is 8.32. The maximum absolute atomic E-state index is 14.1. The Labute approximate surface area is 326 Å². The normalized spacial score (nSPS) is 16.8. The Bertz CT molecular complexity index is 1770. The zero-order chi connectivity index (χ0) is 39.8. The lowest BCUT2D eigenvalue weighted by Crippen LogP contribution is -2.26. The Hall–Kier alpha value is -5.23. The van der Waals surface area contributed by atoms with E-state index >= 15 is 0 Å². The van der Waals surface area contributed by atoms with Gasteiger partial charge in [0, 0.05) is 18.8 Å². The lowest BCUT2D eigenvalue weighted by molar-refractivity contribution is -0.287. The quantitative estimate of drug-likeness (QED) is 0.0423. The van der Waals surface area contributed by atoms with Gasteiger partial charge in [0.2, 0.25) is 11.5 Å². The van der Waals surface area contributed by atoms with Gasteiger partial charge >= 0.3 is 24.2 Å². The number of ether oxygens (including phenoxy) is 7. The smallest absolute Gasteiger partial charge is 0.490 e. The molecule has 2 aliphatic rings. The Morgan fingerprint density at radius 1 is 0.661 bits per heavy atom. The van der Waals surface area contributed by atoms with Gasteiger partial charge < -0.3 is 33.2 Å². The summed E-state index contributed by atoms with van der Waals surface area (Å²) >= 11 is 0. The fourth-order valence-electron chi connectivity index (χ4n) is 6.60. The number of aryl methyl sites for hydroxylation is 2. The molecule has 300 valence electrons. The highest BCUT2D eigenvalue weighted by Crippen LogP contribution is 2.52. The molecular weight excluding hydrogens is 726 g/mol. The van der Waals surface area contributed by atoms with E-state index in [9.17, 15) is 23.2 Å². The van der Waals surface area contributed by atoms with Crippen LogP contribution in [0.2, 0.25) is 0 Å². The van der Waals surface area contributed by atoms with Crippen molar-refractivity contribution in [2.45, 2.75) is 95.4 Å². The summed E-state index contributed by atoms with van der Waals surface area (Å²) in [6.07, 6.45) is 8.96. The van der Waals surface area contributed by atoms with Crippen molar-refractivity contribution >= 4 is 17.9 Å². The molecule has 1 aliphatic heterocycles. The van der Waals surface area contributed by atoms with Crippen molar-refractivity contribution in [2.24, 2.45) is 0 Å². The van der Waals surface area contributed by atoms with Crippen molar-refractivity contribution in [1.82, 2.24) is 0 Å². The molecule has 0 aromatic heterocycles. The number of carbonyl (C=O) groups is 3. The fourth-order valence-corrected chi connectivity index (χ4v) is 6.60. The average molecular weight is 777 g/mol. The lowest BCUT2D eigenvalue weighted by Gasteiger charge is -2.29. The van der Waals surface area contributed by atoms with Crippen molar-refractivity contribution in [3.05, 3.63) is 108 Å². The summed E-state index contributed by atoms with van der Waals surface area (Å²) in [5.41, 5.74) is 3.86. The van der Waals surface area contributed by atoms with Crippen LogP contribution in [0, 0.1) is 0 Å². The van der Waals surface area contributed by atoms with Crippen LogP contribution in [0.3, 0.4) is 0 Å². The van der Waals surface area contributed by atoms with E-state index in [1.165, 1.54) is 29.3 Å².